The van der Waals surface area contributed by atoms with Crippen LogP contribution >= 0.6 is 0 Å². The average Bonchev–Trinajstić information content (AvgIpc) is 2.70. The number of amides is 1. The summed E-state index contributed by atoms with van der Waals surface area (Å²) < 4.78 is 5.36. The maximum absolute atomic E-state index is 12.7. The molecule has 0 aliphatic carbocycles. The molecule has 0 atom stereocenters. The smallest absolute Gasteiger partial charge is 0.274 e. The average molecular weight is 383 g/mol. The zero-order chi connectivity index (χ0) is 19.9. The second-order valence-corrected chi connectivity index (χ2v) is 7.46. The lowest BCUT2D eigenvalue weighted by Crippen LogP contribution is -2.39. The summed E-state index contributed by atoms with van der Waals surface area (Å²) in [5.74, 6) is 0.150. The van der Waals surface area contributed by atoms with Gasteiger partial charge in [-0.05, 0) is 36.1 Å². The highest BCUT2D eigenvalue weighted by Gasteiger charge is 2.14. The first kappa shape index (κ1) is 20.3. The number of morpholine rings is 1. The molecule has 1 aromatic heterocycles. The lowest BCUT2D eigenvalue weighted by Gasteiger charge is -2.26. The molecule has 6 heteroatoms. The van der Waals surface area contributed by atoms with E-state index in [0.717, 1.165) is 61.9 Å². The number of benzene rings is 1. The van der Waals surface area contributed by atoms with Crippen LogP contribution in [0.3, 0.4) is 0 Å². The molecule has 0 spiro atoms. The number of anilines is 2. The third-order valence-corrected chi connectivity index (χ3v) is 5.02. The summed E-state index contributed by atoms with van der Waals surface area (Å²) in [5, 5.41) is 6.41. The Hall–Kier alpha value is -2.44. The quantitative estimate of drug-likeness (QED) is 0.767. The van der Waals surface area contributed by atoms with Crippen LogP contribution in [0.2, 0.25) is 0 Å². The maximum Gasteiger partial charge on any atom is 0.274 e. The molecule has 0 unspecified atom stereocenters. The van der Waals surface area contributed by atoms with Gasteiger partial charge in [0, 0.05) is 31.9 Å². The van der Waals surface area contributed by atoms with Crippen molar-refractivity contribution in [2.24, 2.45) is 0 Å². The van der Waals surface area contributed by atoms with Gasteiger partial charge in [-0.3, -0.25) is 9.69 Å². The summed E-state index contributed by atoms with van der Waals surface area (Å²) in [6.07, 6.45) is 1.72. The fraction of sp³-hybridized carbons (Fsp3) is 0.455. The topological polar surface area (TPSA) is 66.5 Å². The van der Waals surface area contributed by atoms with E-state index in [9.17, 15) is 4.79 Å². The van der Waals surface area contributed by atoms with E-state index in [0.29, 0.717) is 11.6 Å². The van der Waals surface area contributed by atoms with E-state index in [-0.39, 0.29) is 5.91 Å². The van der Waals surface area contributed by atoms with E-state index >= 15 is 0 Å². The van der Waals surface area contributed by atoms with E-state index < -0.39 is 0 Å². The minimum atomic E-state index is -0.184. The van der Waals surface area contributed by atoms with E-state index in [1.165, 1.54) is 0 Å². The Morgan fingerprint density at radius 2 is 2.00 bits per heavy atom. The Kier molecular flexibility index (Phi) is 7.01. The van der Waals surface area contributed by atoms with Crippen molar-refractivity contribution in [3.8, 4) is 0 Å². The van der Waals surface area contributed by atoms with Crippen molar-refractivity contribution in [2.75, 3.05) is 50.0 Å². The number of aryl methyl sites for hydroxylation is 1. The highest BCUT2D eigenvalue weighted by molar-refractivity contribution is 6.03. The van der Waals surface area contributed by atoms with Crippen LogP contribution in [0.25, 0.3) is 0 Å². The Morgan fingerprint density at radius 1 is 1.21 bits per heavy atom. The first-order chi connectivity index (χ1) is 13.5. The van der Waals surface area contributed by atoms with Gasteiger partial charge < -0.3 is 15.4 Å². The van der Waals surface area contributed by atoms with Crippen LogP contribution in [0.15, 0.2) is 36.5 Å². The number of pyridine rings is 1. The number of carbonyl (C=O) groups excluding carboxylic acids is 1. The van der Waals surface area contributed by atoms with E-state index in [1.54, 1.807) is 12.3 Å². The molecule has 1 fully saturated rings. The Balaban J connectivity index is 1.57. The summed E-state index contributed by atoms with van der Waals surface area (Å²) in [5.41, 5.74) is 4.41. The van der Waals surface area contributed by atoms with Gasteiger partial charge in [0.2, 0.25) is 0 Å². The number of nitrogens with zero attached hydrogens (tertiary/aromatic N) is 2. The van der Waals surface area contributed by atoms with Gasteiger partial charge in [0.05, 0.1) is 25.1 Å². The highest BCUT2D eigenvalue weighted by Crippen LogP contribution is 2.27. The SMILES string of the molecule is Cc1cccc(C(C)C)c1NC(=O)c1ccc(NCCN2CCOCC2)cn1. The van der Waals surface area contributed by atoms with Gasteiger partial charge in [0.1, 0.15) is 5.69 Å². The Bertz CT molecular complexity index is 784. The maximum atomic E-state index is 12.7. The summed E-state index contributed by atoms with van der Waals surface area (Å²) >= 11 is 0. The van der Waals surface area contributed by atoms with E-state index in [4.69, 9.17) is 4.74 Å². The van der Waals surface area contributed by atoms with Gasteiger partial charge in [-0.25, -0.2) is 4.98 Å². The molecule has 1 amide bonds. The molecule has 28 heavy (non-hydrogen) atoms. The second-order valence-electron chi connectivity index (χ2n) is 7.46. The molecule has 3 rings (SSSR count). The molecule has 2 aromatic rings. The molecule has 1 aliphatic rings. The number of carbonyl (C=O) groups is 1. The summed E-state index contributed by atoms with van der Waals surface area (Å²) in [6, 6.07) is 9.76. The Labute approximate surface area is 167 Å². The molecule has 6 nitrogen and oxygen atoms in total. The number of rotatable bonds is 7. The molecule has 2 N–H and O–H groups in total. The first-order valence-corrected chi connectivity index (χ1v) is 9.95. The largest absolute Gasteiger partial charge is 0.383 e. The van der Waals surface area contributed by atoms with Crippen LogP contribution < -0.4 is 10.6 Å². The van der Waals surface area contributed by atoms with Crippen molar-refractivity contribution in [3.63, 3.8) is 0 Å². The highest BCUT2D eigenvalue weighted by atomic mass is 16.5. The molecule has 1 aliphatic heterocycles. The standard InChI is InChI=1S/C22H30N4O2/c1-16(2)19-6-4-5-17(3)21(19)25-22(27)20-8-7-18(15-24-20)23-9-10-26-11-13-28-14-12-26/h4-8,15-16,23H,9-14H2,1-3H3,(H,25,27). The molecule has 1 aromatic carbocycles. The van der Waals surface area contributed by atoms with Crippen molar-refractivity contribution in [3.05, 3.63) is 53.3 Å². The summed E-state index contributed by atoms with van der Waals surface area (Å²) in [7, 11) is 0. The fourth-order valence-corrected chi connectivity index (χ4v) is 3.34. The number of hydrogen-bond donors (Lipinski definition) is 2. The van der Waals surface area contributed by atoms with Crippen LogP contribution in [0.5, 0.6) is 0 Å². The zero-order valence-electron chi connectivity index (χ0n) is 17.0. The minimum absolute atomic E-state index is 0.184. The van der Waals surface area contributed by atoms with Crippen LogP contribution in [0.1, 0.15) is 41.4 Å². The molecule has 0 saturated carbocycles. The molecular formula is C22H30N4O2. The van der Waals surface area contributed by atoms with Gasteiger partial charge in [-0.15, -0.1) is 0 Å². The monoisotopic (exact) mass is 382 g/mol. The van der Waals surface area contributed by atoms with Gasteiger partial charge in [0.15, 0.2) is 0 Å². The van der Waals surface area contributed by atoms with Crippen LogP contribution in [0, 0.1) is 6.92 Å². The molecule has 0 bridgehead atoms. The van der Waals surface area contributed by atoms with Gasteiger partial charge in [-0.2, -0.15) is 0 Å². The Morgan fingerprint density at radius 3 is 2.68 bits per heavy atom. The molecule has 2 heterocycles. The second kappa shape index (κ2) is 9.66. The van der Waals surface area contributed by atoms with Crippen molar-refractivity contribution < 1.29 is 9.53 Å². The van der Waals surface area contributed by atoms with Crippen LogP contribution in [0.4, 0.5) is 11.4 Å². The first-order valence-electron chi connectivity index (χ1n) is 9.95. The number of aromatic nitrogens is 1. The van der Waals surface area contributed by atoms with Crippen molar-refractivity contribution in [2.45, 2.75) is 26.7 Å². The molecule has 0 radical (unpaired) electrons. The molecular weight excluding hydrogens is 352 g/mol. The van der Waals surface area contributed by atoms with Crippen LogP contribution in [-0.4, -0.2) is 55.2 Å². The third kappa shape index (κ3) is 5.30. The predicted octanol–water partition coefficient (Wildman–Crippen LogP) is 3.51. The summed E-state index contributed by atoms with van der Waals surface area (Å²) in [6.45, 7) is 11.7. The van der Waals surface area contributed by atoms with Crippen molar-refractivity contribution >= 4 is 17.3 Å². The van der Waals surface area contributed by atoms with Crippen LogP contribution in [-0.2, 0) is 4.74 Å². The number of hydrogen-bond acceptors (Lipinski definition) is 5. The van der Waals surface area contributed by atoms with E-state index in [1.807, 2.05) is 25.1 Å². The number of para-hydroxylation sites is 1. The van der Waals surface area contributed by atoms with E-state index in [2.05, 4.69) is 40.4 Å². The van der Waals surface area contributed by atoms with Gasteiger partial charge in [-0.1, -0.05) is 32.0 Å². The van der Waals surface area contributed by atoms with Crippen molar-refractivity contribution in [1.29, 1.82) is 0 Å². The zero-order valence-corrected chi connectivity index (χ0v) is 17.0. The molecule has 1 saturated heterocycles. The van der Waals surface area contributed by atoms with Gasteiger partial charge >= 0.3 is 0 Å². The van der Waals surface area contributed by atoms with Crippen molar-refractivity contribution in [1.82, 2.24) is 9.88 Å². The number of ether oxygens (including phenoxy) is 1. The van der Waals surface area contributed by atoms with Gasteiger partial charge in [0.25, 0.3) is 5.91 Å². The lowest BCUT2D eigenvalue weighted by atomic mass is 9.98. The fourth-order valence-electron chi connectivity index (χ4n) is 3.34. The normalized spacial score (nSPS) is 14.9. The number of nitrogens with one attached hydrogen (secondary N) is 2. The summed E-state index contributed by atoms with van der Waals surface area (Å²) in [4.78, 5) is 19.4. The predicted molar refractivity (Wildman–Crippen MR) is 113 cm³/mol. The third-order valence-electron chi connectivity index (χ3n) is 5.02. The molecule has 150 valence electrons. The lowest BCUT2D eigenvalue weighted by molar-refractivity contribution is 0.0398. The minimum Gasteiger partial charge on any atom is -0.383 e.